The Balaban J connectivity index is 2.01. The van der Waals surface area contributed by atoms with Crippen LogP contribution in [0.3, 0.4) is 0 Å². The lowest BCUT2D eigenvalue weighted by Crippen LogP contribution is -2.42. The number of hydrogen-bond donors (Lipinski definition) is 1. The quantitative estimate of drug-likeness (QED) is 0.882. The van der Waals surface area contributed by atoms with Crippen molar-refractivity contribution < 1.29 is 4.39 Å². The van der Waals surface area contributed by atoms with E-state index < -0.39 is 0 Å². The maximum absolute atomic E-state index is 12.9. The monoisotopic (exact) mass is 267 g/mol. The lowest BCUT2D eigenvalue weighted by molar-refractivity contribution is 0.320. The summed E-state index contributed by atoms with van der Waals surface area (Å²) in [6, 6.07) is 7.49. The molecule has 3 atom stereocenters. The van der Waals surface area contributed by atoms with Crippen molar-refractivity contribution in [2.75, 3.05) is 6.54 Å². The van der Waals surface area contributed by atoms with Gasteiger partial charge in [-0.25, -0.2) is 4.39 Å². The molecule has 0 spiro atoms. The predicted octanol–water partition coefficient (Wildman–Crippen LogP) is 4.08. The first kappa shape index (κ1) is 13.9. The number of nitrogens with one attached hydrogen (secondary N) is 1. The highest BCUT2D eigenvalue weighted by molar-refractivity contribution is 8.00. The van der Waals surface area contributed by atoms with Crippen LogP contribution in [0.25, 0.3) is 0 Å². The van der Waals surface area contributed by atoms with Gasteiger partial charge < -0.3 is 5.32 Å². The Hall–Kier alpha value is -0.540. The van der Waals surface area contributed by atoms with Gasteiger partial charge in [0, 0.05) is 16.2 Å². The van der Waals surface area contributed by atoms with Crippen LogP contribution in [0, 0.1) is 11.7 Å². The third kappa shape index (κ3) is 3.72. The third-order valence-electron chi connectivity index (χ3n) is 3.62. The van der Waals surface area contributed by atoms with E-state index in [9.17, 15) is 4.39 Å². The molecule has 1 aliphatic carbocycles. The third-order valence-corrected chi connectivity index (χ3v) is 4.99. The Labute approximate surface area is 114 Å². The normalized spacial score (nSPS) is 28.3. The van der Waals surface area contributed by atoms with E-state index in [2.05, 4.69) is 19.2 Å². The molecule has 0 heterocycles. The molecule has 18 heavy (non-hydrogen) atoms. The topological polar surface area (TPSA) is 12.0 Å². The Morgan fingerprint density at radius 1 is 1.28 bits per heavy atom. The van der Waals surface area contributed by atoms with Crippen molar-refractivity contribution >= 4 is 11.8 Å². The molecule has 3 heteroatoms. The fourth-order valence-electron chi connectivity index (χ4n) is 2.64. The highest BCUT2D eigenvalue weighted by Gasteiger charge is 2.28. The summed E-state index contributed by atoms with van der Waals surface area (Å²) in [6.45, 7) is 5.53. The highest BCUT2D eigenvalue weighted by Crippen LogP contribution is 2.36. The van der Waals surface area contributed by atoms with Crippen LogP contribution in [0.2, 0.25) is 0 Å². The summed E-state index contributed by atoms with van der Waals surface area (Å²) in [4.78, 5) is 1.18. The minimum atomic E-state index is -0.153. The first-order chi connectivity index (χ1) is 8.69. The average Bonchev–Trinajstić information content (AvgIpc) is 2.36. The van der Waals surface area contributed by atoms with E-state index >= 15 is 0 Å². The van der Waals surface area contributed by atoms with Crippen LogP contribution in [0.1, 0.15) is 33.1 Å². The Bertz CT molecular complexity index is 365. The van der Waals surface area contributed by atoms with Crippen LogP contribution >= 0.6 is 11.8 Å². The Morgan fingerprint density at radius 3 is 2.67 bits per heavy atom. The molecule has 3 unspecified atom stereocenters. The molecule has 1 N–H and O–H groups in total. The second-order valence-corrected chi connectivity index (χ2v) is 6.51. The van der Waals surface area contributed by atoms with E-state index in [1.165, 1.54) is 24.2 Å². The zero-order valence-corrected chi connectivity index (χ0v) is 12.0. The molecule has 0 aromatic heterocycles. The molecular weight excluding hydrogens is 245 g/mol. The molecule has 0 bridgehead atoms. The zero-order valence-electron chi connectivity index (χ0n) is 11.2. The minimum absolute atomic E-state index is 0.153. The molecule has 0 saturated heterocycles. The number of halogens is 1. The predicted molar refractivity (Wildman–Crippen MR) is 76.5 cm³/mol. The van der Waals surface area contributed by atoms with Crippen molar-refractivity contribution in [1.29, 1.82) is 0 Å². The van der Waals surface area contributed by atoms with Crippen LogP contribution in [0.5, 0.6) is 0 Å². The molecule has 0 radical (unpaired) electrons. The summed E-state index contributed by atoms with van der Waals surface area (Å²) >= 11 is 1.90. The Kier molecular flexibility index (Phi) is 5.07. The van der Waals surface area contributed by atoms with E-state index in [4.69, 9.17) is 0 Å². The number of hydrogen-bond acceptors (Lipinski definition) is 2. The lowest BCUT2D eigenvalue weighted by Gasteiger charge is -2.35. The van der Waals surface area contributed by atoms with Gasteiger partial charge >= 0.3 is 0 Å². The van der Waals surface area contributed by atoms with E-state index in [-0.39, 0.29) is 5.82 Å². The summed E-state index contributed by atoms with van der Waals surface area (Å²) in [7, 11) is 0. The highest BCUT2D eigenvalue weighted by atomic mass is 32.2. The van der Waals surface area contributed by atoms with Gasteiger partial charge in [0.1, 0.15) is 5.82 Å². The molecule has 1 aromatic rings. The summed E-state index contributed by atoms with van der Waals surface area (Å²) in [5.41, 5.74) is 0. The van der Waals surface area contributed by atoms with Crippen LogP contribution < -0.4 is 5.32 Å². The summed E-state index contributed by atoms with van der Waals surface area (Å²) in [5.74, 6) is 0.650. The SMILES string of the molecule is CCNC1CCC(C)CC1Sc1ccc(F)cc1. The van der Waals surface area contributed by atoms with Gasteiger partial charge in [-0.15, -0.1) is 11.8 Å². The molecule has 1 aliphatic rings. The van der Waals surface area contributed by atoms with Crippen LogP contribution in [0.4, 0.5) is 4.39 Å². The zero-order chi connectivity index (χ0) is 13.0. The molecule has 0 amide bonds. The van der Waals surface area contributed by atoms with Gasteiger partial charge in [0.2, 0.25) is 0 Å². The number of rotatable bonds is 4. The molecule has 1 nitrogen and oxygen atoms in total. The maximum Gasteiger partial charge on any atom is 0.123 e. The van der Waals surface area contributed by atoms with Crippen LogP contribution in [-0.4, -0.2) is 17.8 Å². The van der Waals surface area contributed by atoms with Gasteiger partial charge in [0.15, 0.2) is 0 Å². The maximum atomic E-state index is 12.9. The average molecular weight is 267 g/mol. The fraction of sp³-hybridized carbons (Fsp3) is 0.600. The van der Waals surface area contributed by atoms with Gasteiger partial charge in [-0.1, -0.05) is 13.8 Å². The van der Waals surface area contributed by atoms with Crippen molar-refractivity contribution in [1.82, 2.24) is 5.32 Å². The van der Waals surface area contributed by atoms with Gasteiger partial charge in [-0.2, -0.15) is 0 Å². The van der Waals surface area contributed by atoms with E-state index in [1.807, 2.05) is 23.9 Å². The minimum Gasteiger partial charge on any atom is -0.313 e. The largest absolute Gasteiger partial charge is 0.313 e. The molecule has 2 rings (SSSR count). The second-order valence-electron chi connectivity index (χ2n) is 5.19. The van der Waals surface area contributed by atoms with Crippen LogP contribution in [0.15, 0.2) is 29.2 Å². The van der Waals surface area contributed by atoms with Crippen molar-refractivity contribution in [3.8, 4) is 0 Å². The van der Waals surface area contributed by atoms with Gasteiger partial charge in [0.25, 0.3) is 0 Å². The van der Waals surface area contributed by atoms with Gasteiger partial charge in [-0.05, 0) is 56.0 Å². The van der Waals surface area contributed by atoms with E-state index in [0.29, 0.717) is 11.3 Å². The first-order valence-electron chi connectivity index (χ1n) is 6.84. The van der Waals surface area contributed by atoms with E-state index in [0.717, 1.165) is 12.5 Å². The molecule has 100 valence electrons. The van der Waals surface area contributed by atoms with Crippen molar-refractivity contribution in [3.05, 3.63) is 30.1 Å². The van der Waals surface area contributed by atoms with Gasteiger partial charge in [0.05, 0.1) is 0 Å². The molecule has 1 aromatic carbocycles. The van der Waals surface area contributed by atoms with Crippen molar-refractivity contribution in [3.63, 3.8) is 0 Å². The Morgan fingerprint density at radius 2 is 2.00 bits per heavy atom. The lowest BCUT2D eigenvalue weighted by atomic mass is 9.87. The summed E-state index contributed by atoms with van der Waals surface area (Å²) in [5, 5.41) is 4.20. The fourth-order valence-corrected chi connectivity index (χ4v) is 4.11. The first-order valence-corrected chi connectivity index (χ1v) is 7.72. The number of benzene rings is 1. The van der Waals surface area contributed by atoms with Gasteiger partial charge in [-0.3, -0.25) is 0 Å². The molecule has 1 saturated carbocycles. The summed E-state index contributed by atoms with van der Waals surface area (Å²) in [6.07, 6.45) is 3.83. The van der Waals surface area contributed by atoms with Crippen molar-refractivity contribution in [2.45, 2.75) is 49.3 Å². The van der Waals surface area contributed by atoms with E-state index in [1.54, 1.807) is 12.1 Å². The standard InChI is InChI=1S/C15H22FNS/c1-3-17-14-9-4-11(2)10-15(14)18-13-7-5-12(16)6-8-13/h5-8,11,14-15,17H,3-4,9-10H2,1-2H3. The molecule has 0 aliphatic heterocycles. The molecule has 1 fully saturated rings. The van der Waals surface area contributed by atoms with Crippen LogP contribution in [-0.2, 0) is 0 Å². The second kappa shape index (κ2) is 6.58. The van der Waals surface area contributed by atoms with Crippen molar-refractivity contribution in [2.24, 2.45) is 5.92 Å². The molecular formula is C15H22FNS. The summed E-state index contributed by atoms with van der Waals surface area (Å²) < 4.78 is 12.9. The number of thioether (sulfide) groups is 1. The smallest absolute Gasteiger partial charge is 0.123 e.